The van der Waals surface area contributed by atoms with E-state index in [1.165, 1.54) is 6.07 Å². The molecule has 0 saturated carbocycles. The van der Waals surface area contributed by atoms with Gasteiger partial charge in [-0.15, -0.1) is 0 Å². The lowest BCUT2D eigenvalue weighted by Crippen LogP contribution is -2.26. The fraction of sp³-hybridized carbons (Fsp3) is 0.286. The highest BCUT2D eigenvalue weighted by Crippen LogP contribution is 2.31. The molecule has 4 rings (SSSR count). The number of ether oxygens (including phenoxy) is 2. The minimum Gasteiger partial charge on any atom is -0.380 e. The van der Waals surface area contributed by atoms with E-state index in [0.717, 1.165) is 11.3 Å². The zero-order valence-corrected chi connectivity index (χ0v) is 15.7. The summed E-state index contributed by atoms with van der Waals surface area (Å²) in [5, 5.41) is 8.85. The smallest absolute Gasteiger partial charge is 0.257 e. The molecule has 2 aliphatic rings. The zero-order chi connectivity index (χ0) is 19.7. The van der Waals surface area contributed by atoms with E-state index in [1.54, 1.807) is 18.3 Å². The largest absolute Gasteiger partial charge is 0.380 e. The second-order valence-electron chi connectivity index (χ2n) is 7.23. The van der Waals surface area contributed by atoms with Crippen LogP contribution in [0.25, 0.3) is 5.57 Å². The Bertz CT molecular complexity index is 942. The average molecular weight is 383 g/mol. The molecule has 146 valence electrons. The zero-order valence-electron chi connectivity index (χ0n) is 15.7. The summed E-state index contributed by atoms with van der Waals surface area (Å²) in [7, 11) is 0. The van der Waals surface area contributed by atoms with E-state index < -0.39 is 11.6 Å². The van der Waals surface area contributed by atoms with Gasteiger partial charge in [0.25, 0.3) is 5.91 Å². The minimum atomic E-state index is -0.600. The van der Waals surface area contributed by atoms with E-state index >= 15 is 0 Å². The van der Waals surface area contributed by atoms with E-state index in [-0.39, 0.29) is 12.0 Å². The number of para-hydroxylation sites is 1. The maximum atomic E-state index is 14.4. The third-order valence-electron chi connectivity index (χ3n) is 4.65. The van der Waals surface area contributed by atoms with Crippen LogP contribution in [0.4, 0.5) is 21.5 Å². The Morgan fingerprint density at radius 1 is 1.29 bits per heavy atom. The summed E-state index contributed by atoms with van der Waals surface area (Å²) in [6, 6.07) is 12.2. The predicted octanol–water partition coefficient (Wildman–Crippen LogP) is 3.79. The van der Waals surface area contributed by atoms with Gasteiger partial charge < -0.3 is 25.4 Å². The third-order valence-corrected chi connectivity index (χ3v) is 4.65. The van der Waals surface area contributed by atoms with Crippen molar-refractivity contribution < 1.29 is 18.7 Å². The lowest BCUT2D eigenvalue weighted by Gasteiger charge is -2.17. The van der Waals surface area contributed by atoms with Gasteiger partial charge in [-0.2, -0.15) is 0 Å². The van der Waals surface area contributed by atoms with E-state index in [4.69, 9.17) is 9.47 Å². The van der Waals surface area contributed by atoms with Crippen molar-refractivity contribution in [3.05, 3.63) is 60.0 Å². The van der Waals surface area contributed by atoms with Crippen LogP contribution in [-0.2, 0) is 14.3 Å². The first kappa shape index (κ1) is 18.5. The molecule has 28 heavy (non-hydrogen) atoms. The van der Waals surface area contributed by atoms with Crippen molar-refractivity contribution in [3.63, 3.8) is 0 Å². The molecule has 1 amide bonds. The molecule has 0 bridgehead atoms. The number of carbonyl (C=O) groups is 1. The monoisotopic (exact) mass is 383 g/mol. The van der Waals surface area contributed by atoms with Gasteiger partial charge in [0.15, 0.2) is 5.79 Å². The Kier molecular flexibility index (Phi) is 4.78. The van der Waals surface area contributed by atoms with Crippen LogP contribution < -0.4 is 16.0 Å². The molecule has 0 radical (unpaired) electrons. The SMILES string of the molecule is CC1(C)OCC(CNc2ccc(N/C=C3/C(=O)Nc4ccccc43)cc2F)O1. The topological polar surface area (TPSA) is 71.6 Å². The van der Waals surface area contributed by atoms with Crippen LogP contribution in [0.1, 0.15) is 19.4 Å². The molecule has 0 aliphatic carbocycles. The number of anilines is 3. The molecule has 1 fully saturated rings. The van der Waals surface area contributed by atoms with Gasteiger partial charge in [0.2, 0.25) is 0 Å². The van der Waals surface area contributed by atoms with Crippen LogP contribution in [0, 0.1) is 5.82 Å². The first-order valence-corrected chi connectivity index (χ1v) is 9.14. The van der Waals surface area contributed by atoms with Crippen LogP contribution in [0.5, 0.6) is 0 Å². The van der Waals surface area contributed by atoms with Gasteiger partial charge in [-0.1, -0.05) is 18.2 Å². The second kappa shape index (κ2) is 7.26. The van der Waals surface area contributed by atoms with Crippen molar-refractivity contribution in [1.29, 1.82) is 0 Å². The number of hydrogen-bond acceptors (Lipinski definition) is 5. The first-order chi connectivity index (χ1) is 13.4. The average Bonchev–Trinajstić information content (AvgIpc) is 3.17. The molecule has 1 saturated heterocycles. The number of nitrogens with one attached hydrogen (secondary N) is 3. The Morgan fingerprint density at radius 3 is 2.86 bits per heavy atom. The third kappa shape index (κ3) is 3.85. The van der Waals surface area contributed by atoms with Gasteiger partial charge in [0, 0.05) is 29.7 Å². The van der Waals surface area contributed by atoms with Crippen molar-refractivity contribution in [2.75, 3.05) is 29.1 Å². The number of carbonyl (C=O) groups excluding carboxylic acids is 1. The number of halogens is 1. The van der Waals surface area contributed by atoms with E-state index in [2.05, 4.69) is 16.0 Å². The highest BCUT2D eigenvalue weighted by atomic mass is 19.1. The van der Waals surface area contributed by atoms with Crippen LogP contribution >= 0.6 is 0 Å². The lowest BCUT2D eigenvalue weighted by atomic mass is 10.1. The van der Waals surface area contributed by atoms with Crippen molar-refractivity contribution in [2.45, 2.75) is 25.7 Å². The first-order valence-electron chi connectivity index (χ1n) is 9.14. The Morgan fingerprint density at radius 2 is 2.11 bits per heavy atom. The molecule has 1 unspecified atom stereocenters. The Balaban J connectivity index is 1.40. The van der Waals surface area contributed by atoms with Gasteiger partial charge >= 0.3 is 0 Å². The van der Waals surface area contributed by atoms with Crippen LogP contribution in [0.15, 0.2) is 48.7 Å². The van der Waals surface area contributed by atoms with E-state index in [0.29, 0.717) is 30.1 Å². The summed E-state index contributed by atoms with van der Waals surface area (Å²) >= 11 is 0. The van der Waals surface area contributed by atoms with E-state index in [1.807, 2.05) is 38.1 Å². The molecule has 3 N–H and O–H groups in total. The second-order valence-corrected chi connectivity index (χ2v) is 7.23. The van der Waals surface area contributed by atoms with Crippen molar-refractivity contribution in [1.82, 2.24) is 0 Å². The maximum absolute atomic E-state index is 14.4. The number of amides is 1. The summed E-state index contributed by atoms with van der Waals surface area (Å²) in [6.45, 7) is 4.63. The molecule has 0 spiro atoms. The lowest BCUT2D eigenvalue weighted by molar-refractivity contribution is -0.136. The van der Waals surface area contributed by atoms with Crippen LogP contribution in [0.2, 0.25) is 0 Å². The van der Waals surface area contributed by atoms with Gasteiger partial charge in [0.05, 0.1) is 17.9 Å². The minimum absolute atomic E-state index is 0.127. The predicted molar refractivity (Wildman–Crippen MR) is 106 cm³/mol. The van der Waals surface area contributed by atoms with Crippen molar-refractivity contribution in [2.24, 2.45) is 0 Å². The molecule has 6 nitrogen and oxygen atoms in total. The summed E-state index contributed by atoms with van der Waals surface area (Å²) in [5.74, 6) is -1.18. The van der Waals surface area contributed by atoms with Gasteiger partial charge in [0.1, 0.15) is 11.9 Å². The summed E-state index contributed by atoms with van der Waals surface area (Å²) in [4.78, 5) is 12.1. The Labute approximate surface area is 162 Å². The molecular formula is C21H22FN3O3. The normalized spacial score (nSPS) is 21.5. The van der Waals surface area contributed by atoms with Gasteiger partial charge in [-0.3, -0.25) is 4.79 Å². The highest BCUT2D eigenvalue weighted by molar-refractivity contribution is 6.31. The van der Waals surface area contributed by atoms with Crippen LogP contribution in [0.3, 0.4) is 0 Å². The molecule has 7 heteroatoms. The van der Waals surface area contributed by atoms with Crippen LogP contribution in [-0.4, -0.2) is 30.9 Å². The Hall–Kier alpha value is -2.90. The quantitative estimate of drug-likeness (QED) is 0.685. The summed E-state index contributed by atoms with van der Waals surface area (Å²) in [5.41, 5.74) is 3.04. The summed E-state index contributed by atoms with van der Waals surface area (Å²) < 4.78 is 25.6. The van der Waals surface area contributed by atoms with Crippen molar-refractivity contribution in [3.8, 4) is 0 Å². The fourth-order valence-corrected chi connectivity index (χ4v) is 3.27. The van der Waals surface area contributed by atoms with Crippen molar-refractivity contribution >= 4 is 28.5 Å². The molecule has 2 aromatic carbocycles. The maximum Gasteiger partial charge on any atom is 0.257 e. The number of benzene rings is 2. The molecule has 2 aliphatic heterocycles. The van der Waals surface area contributed by atoms with Gasteiger partial charge in [-0.05, 0) is 38.1 Å². The fourth-order valence-electron chi connectivity index (χ4n) is 3.27. The molecule has 2 heterocycles. The molecular weight excluding hydrogens is 361 g/mol. The summed E-state index contributed by atoms with van der Waals surface area (Å²) in [6.07, 6.45) is 1.47. The number of hydrogen-bond donors (Lipinski definition) is 3. The number of fused-ring (bicyclic) bond motifs is 1. The molecule has 0 aromatic heterocycles. The van der Waals surface area contributed by atoms with E-state index in [9.17, 15) is 9.18 Å². The number of rotatable bonds is 5. The van der Waals surface area contributed by atoms with Gasteiger partial charge in [-0.25, -0.2) is 4.39 Å². The molecule has 2 aromatic rings. The standard InChI is InChI=1S/C21H22FN3O3/c1-21(2)27-12-14(28-21)10-24-19-8-7-13(9-17(19)22)23-11-16-15-5-3-4-6-18(15)25-20(16)26/h3-9,11,14,23-24H,10,12H2,1-2H3,(H,25,26)/b16-11+. The molecule has 1 atom stereocenters. The highest BCUT2D eigenvalue weighted by Gasteiger charge is 2.32.